The maximum Gasteiger partial charge on any atom is 0.169 e. The molecule has 0 spiro atoms. The van der Waals surface area contributed by atoms with E-state index in [0.29, 0.717) is 16.1 Å². The molecule has 1 saturated heterocycles. The van der Waals surface area contributed by atoms with E-state index in [9.17, 15) is 4.79 Å². The predicted molar refractivity (Wildman–Crippen MR) is 61.6 cm³/mol. The molecular weight excluding hydrogens is 192 g/mol. The molecule has 1 aromatic rings. The van der Waals surface area contributed by atoms with E-state index in [1.807, 2.05) is 0 Å². The van der Waals surface area contributed by atoms with Crippen molar-refractivity contribution in [1.29, 1.82) is 0 Å². The summed E-state index contributed by atoms with van der Waals surface area (Å²) in [6, 6.07) is 10.6. The first kappa shape index (κ1) is 9.78. The second-order valence-corrected chi connectivity index (χ2v) is 6.00. The zero-order valence-electron chi connectivity index (χ0n) is 8.19. The standard InChI is InChI=1S/C12H15OS/c13-8-10-14-9-4-7-12(14)11-5-2-1-3-6-11/h1-3,5-6,8,12H,4,7,9-10H2/q+1. The molecule has 1 heterocycles. The van der Waals surface area contributed by atoms with E-state index in [0.717, 1.165) is 12.0 Å². The van der Waals surface area contributed by atoms with Crippen LogP contribution in [0.5, 0.6) is 0 Å². The highest BCUT2D eigenvalue weighted by Gasteiger charge is 2.36. The van der Waals surface area contributed by atoms with Crippen LogP contribution in [0.2, 0.25) is 0 Å². The van der Waals surface area contributed by atoms with Crippen molar-refractivity contribution in [1.82, 2.24) is 0 Å². The van der Waals surface area contributed by atoms with E-state index in [1.165, 1.54) is 24.2 Å². The number of hydrogen-bond acceptors (Lipinski definition) is 1. The Morgan fingerprint density at radius 2 is 2.14 bits per heavy atom. The van der Waals surface area contributed by atoms with Gasteiger partial charge in [0, 0.05) is 22.9 Å². The van der Waals surface area contributed by atoms with E-state index in [4.69, 9.17) is 0 Å². The summed E-state index contributed by atoms with van der Waals surface area (Å²) in [5.74, 6) is 2.01. The molecule has 1 aliphatic heterocycles. The van der Waals surface area contributed by atoms with Crippen molar-refractivity contribution in [2.45, 2.75) is 18.1 Å². The van der Waals surface area contributed by atoms with Gasteiger partial charge in [0.25, 0.3) is 0 Å². The van der Waals surface area contributed by atoms with E-state index in [-0.39, 0.29) is 0 Å². The lowest BCUT2D eigenvalue weighted by Crippen LogP contribution is -2.14. The smallest absolute Gasteiger partial charge is 0.169 e. The normalized spacial score (nSPS) is 26.3. The zero-order chi connectivity index (χ0) is 9.80. The highest BCUT2D eigenvalue weighted by molar-refractivity contribution is 7.97. The first-order valence-corrected chi connectivity index (χ1v) is 6.69. The molecule has 0 radical (unpaired) electrons. The fraction of sp³-hybridized carbons (Fsp3) is 0.417. The maximum absolute atomic E-state index is 10.5. The average molecular weight is 207 g/mol. The van der Waals surface area contributed by atoms with Crippen LogP contribution in [-0.4, -0.2) is 17.8 Å². The van der Waals surface area contributed by atoms with Crippen LogP contribution >= 0.6 is 0 Å². The van der Waals surface area contributed by atoms with Crippen LogP contribution in [-0.2, 0) is 15.7 Å². The van der Waals surface area contributed by atoms with E-state index < -0.39 is 0 Å². The number of rotatable bonds is 3. The Morgan fingerprint density at radius 3 is 2.86 bits per heavy atom. The first-order chi connectivity index (χ1) is 6.92. The fourth-order valence-electron chi connectivity index (χ4n) is 2.08. The summed E-state index contributed by atoms with van der Waals surface area (Å²) in [5.41, 5.74) is 1.43. The molecule has 0 bridgehead atoms. The molecule has 2 heteroatoms. The van der Waals surface area contributed by atoms with Crippen LogP contribution in [0.25, 0.3) is 0 Å². The van der Waals surface area contributed by atoms with Gasteiger partial charge < -0.3 is 0 Å². The monoisotopic (exact) mass is 207 g/mol. The van der Waals surface area contributed by atoms with Crippen molar-refractivity contribution < 1.29 is 4.79 Å². The molecule has 74 valence electrons. The molecule has 1 aliphatic rings. The highest BCUT2D eigenvalue weighted by atomic mass is 32.2. The second kappa shape index (κ2) is 4.65. The number of aldehydes is 1. The maximum atomic E-state index is 10.5. The van der Waals surface area contributed by atoms with Gasteiger partial charge in [-0.3, -0.25) is 4.79 Å². The Morgan fingerprint density at radius 1 is 1.36 bits per heavy atom. The Hall–Kier alpha value is -0.760. The molecule has 2 unspecified atom stereocenters. The third kappa shape index (κ3) is 2.01. The molecule has 2 rings (SSSR count). The van der Waals surface area contributed by atoms with Crippen molar-refractivity contribution in [3.8, 4) is 0 Å². The number of carbonyl (C=O) groups excluding carboxylic acids is 1. The summed E-state index contributed by atoms with van der Waals surface area (Å²) in [7, 11) is 0.316. The van der Waals surface area contributed by atoms with Gasteiger partial charge in [-0.2, -0.15) is 0 Å². The molecular formula is C12H15OS+. The van der Waals surface area contributed by atoms with Crippen molar-refractivity contribution in [3.63, 3.8) is 0 Å². The Kier molecular flexibility index (Phi) is 3.25. The van der Waals surface area contributed by atoms with Gasteiger partial charge in [0.05, 0.1) is 0 Å². The third-order valence-corrected chi connectivity index (χ3v) is 5.42. The summed E-state index contributed by atoms with van der Waals surface area (Å²) >= 11 is 0. The van der Waals surface area contributed by atoms with Gasteiger partial charge in [-0.15, -0.1) is 0 Å². The van der Waals surface area contributed by atoms with Gasteiger partial charge >= 0.3 is 0 Å². The van der Waals surface area contributed by atoms with Crippen molar-refractivity contribution in [2.24, 2.45) is 0 Å². The van der Waals surface area contributed by atoms with Crippen LogP contribution in [0, 0.1) is 0 Å². The third-order valence-electron chi connectivity index (χ3n) is 2.73. The van der Waals surface area contributed by atoms with E-state index >= 15 is 0 Å². The average Bonchev–Trinajstić information content (AvgIpc) is 2.68. The predicted octanol–water partition coefficient (Wildman–Crippen LogP) is 2.34. The minimum atomic E-state index is 0.316. The van der Waals surface area contributed by atoms with Crippen LogP contribution in [0.1, 0.15) is 23.7 Å². The molecule has 0 aromatic heterocycles. The second-order valence-electron chi connectivity index (χ2n) is 3.62. The molecule has 1 nitrogen and oxygen atoms in total. The summed E-state index contributed by atoms with van der Waals surface area (Å²) < 4.78 is 0. The van der Waals surface area contributed by atoms with Gasteiger partial charge in [-0.25, -0.2) is 0 Å². The number of carbonyl (C=O) groups is 1. The lowest BCUT2D eigenvalue weighted by molar-refractivity contribution is -0.105. The van der Waals surface area contributed by atoms with E-state index in [1.54, 1.807) is 0 Å². The molecule has 0 amide bonds. The molecule has 1 aromatic carbocycles. The van der Waals surface area contributed by atoms with E-state index in [2.05, 4.69) is 30.3 Å². The van der Waals surface area contributed by atoms with Crippen molar-refractivity contribution in [2.75, 3.05) is 11.5 Å². The summed E-state index contributed by atoms with van der Waals surface area (Å²) in [6.45, 7) is 0. The molecule has 0 saturated carbocycles. The van der Waals surface area contributed by atoms with Gasteiger partial charge in [0.15, 0.2) is 12.0 Å². The molecule has 0 aliphatic carbocycles. The van der Waals surface area contributed by atoms with Crippen LogP contribution in [0.4, 0.5) is 0 Å². The molecule has 0 N–H and O–H groups in total. The Bertz CT molecular complexity index is 296. The fourth-order valence-corrected chi connectivity index (χ4v) is 4.51. The largest absolute Gasteiger partial charge is 0.298 e. The minimum Gasteiger partial charge on any atom is -0.298 e. The SMILES string of the molecule is O=CC[S+]1CCCC1c1ccccc1. The first-order valence-electron chi connectivity index (χ1n) is 5.06. The zero-order valence-corrected chi connectivity index (χ0v) is 9.00. The van der Waals surface area contributed by atoms with Gasteiger partial charge in [-0.1, -0.05) is 30.3 Å². The molecule has 2 atom stereocenters. The summed E-state index contributed by atoms with van der Waals surface area (Å²) in [4.78, 5) is 10.5. The lowest BCUT2D eigenvalue weighted by atomic mass is 10.1. The van der Waals surface area contributed by atoms with Crippen LogP contribution in [0.3, 0.4) is 0 Å². The molecule has 14 heavy (non-hydrogen) atoms. The number of hydrogen-bond donors (Lipinski definition) is 0. The summed E-state index contributed by atoms with van der Waals surface area (Å²) in [6.07, 6.45) is 3.64. The summed E-state index contributed by atoms with van der Waals surface area (Å²) in [5, 5.41) is 0.654. The topological polar surface area (TPSA) is 17.1 Å². The van der Waals surface area contributed by atoms with Crippen LogP contribution < -0.4 is 0 Å². The van der Waals surface area contributed by atoms with Gasteiger partial charge in [-0.05, 0) is 6.42 Å². The lowest BCUT2D eigenvalue weighted by Gasteiger charge is -2.09. The quantitative estimate of drug-likeness (QED) is 0.549. The Labute approximate surface area is 87.9 Å². The highest BCUT2D eigenvalue weighted by Crippen LogP contribution is 2.35. The minimum absolute atomic E-state index is 0.316. The molecule has 1 fully saturated rings. The van der Waals surface area contributed by atoms with Crippen molar-refractivity contribution in [3.05, 3.63) is 35.9 Å². The van der Waals surface area contributed by atoms with Crippen LogP contribution in [0.15, 0.2) is 30.3 Å². The number of benzene rings is 1. The van der Waals surface area contributed by atoms with Gasteiger partial charge in [0.1, 0.15) is 11.0 Å². The Balaban J connectivity index is 2.13. The van der Waals surface area contributed by atoms with Crippen molar-refractivity contribution >= 4 is 17.2 Å². The van der Waals surface area contributed by atoms with Gasteiger partial charge in [0.2, 0.25) is 0 Å².